The first-order chi connectivity index (χ1) is 13.0. The van der Waals surface area contributed by atoms with Gasteiger partial charge in [-0.1, -0.05) is 104 Å². The fraction of sp³-hybridized carbons (Fsp3) is 0.520. The molecule has 0 heterocycles. The summed E-state index contributed by atoms with van der Waals surface area (Å²) in [5.74, 6) is 0. The molecule has 0 aliphatic rings. The van der Waals surface area contributed by atoms with Gasteiger partial charge in [0.15, 0.2) is 9.84 Å². The number of sulfone groups is 1. The fourth-order valence-electron chi connectivity index (χ4n) is 2.25. The van der Waals surface area contributed by atoms with Crippen molar-refractivity contribution in [3.8, 4) is 0 Å². The molecule has 160 valence electrons. The SMILES string of the molecule is CC.CC.CCCc1ccc(S(C)(=O)=O)cc1.Cc1ccc(C(C)(C)C)cc1. The van der Waals surface area contributed by atoms with E-state index >= 15 is 0 Å². The monoisotopic (exact) mass is 406 g/mol. The van der Waals surface area contributed by atoms with Gasteiger partial charge in [-0.3, -0.25) is 0 Å². The van der Waals surface area contributed by atoms with Crippen molar-refractivity contribution >= 4 is 9.84 Å². The molecule has 0 N–H and O–H groups in total. The molecule has 0 aromatic heterocycles. The maximum absolute atomic E-state index is 11.1. The molecule has 3 heteroatoms. The maximum atomic E-state index is 11.1. The standard InChI is InChI=1S/C11H16.C10H14O2S.2C2H6/c1-9-5-7-10(8-6-9)11(2,3)4;1-3-4-9-5-7-10(8-6-9)13(2,11)12;2*1-2/h5-8H,1-4H3;5-8H,3-4H2,1-2H3;2*1-2H3. The Morgan fingerprint density at radius 2 is 1.21 bits per heavy atom. The highest BCUT2D eigenvalue weighted by atomic mass is 32.2. The van der Waals surface area contributed by atoms with Crippen LogP contribution in [0, 0.1) is 6.92 Å². The first-order valence-electron chi connectivity index (χ1n) is 10.4. The highest BCUT2D eigenvalue weighted by Gasteiger charge is 2.11. The molecule has 2 rings (SSSR count). The van der Waals surface area contributed by atoms with E-state index in [1.807, 2.05) is 39.8 Å². The van der Waals surface area contributed by atoms with Gasteiger partial charge in [0.25, 0.3) is 0 Å². The minimum Gasteiger partial charge on any atom is -0.224 e. The van der Waals surface area contributed by atoms with Crippen molar-refractivity contribution < 1.29 is 8.42 Å². The van der Waals surface area contributed by atoms with Crippen LogP contribution in [0.4, 0.5) is 0 Å². The Morgan fingerprint density at radius 1 is 0.786 bits per heavy atom. The Balaban J connectivity index is 0. The molecule has 2 aromatic rings. The van der Waals surface area contributed by atoms with Crippen molar-refractivity contribution in [3.63, 3.8) is 0 Å². The Morgan fingerprint density at radius 3 is 1.54 bits per heavy atom. The predicted molar refractivity (Wildman–Crippen MR) is 126 cm³/mol. The summed E-state index contributed by atoms with van der Waals surface area (Å²) in [6.07, 6.45) is 3.31. The highest BCUT2D eigenvalue weighted by Crippen LogP contribution is 2.21. The topological polar surface area (TPSA) is 34.1 Å². The van der Waals surface area contributed by atoms with Crippen molar-refractivity contribution in [1.82, 2.24) is 0 Å². The lowest BCUT2D eigenvalue weighted by Crippen LogP contribution is -2.10. The molecular formula is C25H42O2S. The molecule has 28 heavy (non-hydrogen) atoms. The van der Waals surface area contributed by atoms with E-state index in [0.717, 1.165) is 12.8 Å². The summed E-state index contributed by atoms with van der Waals surface area (Å²) >= 11 is 0. The van der Waals surface area contributed by atoms with Gasteiger partial charge in [-0.15, -0.1) is 0 Å². The molecule has 2 aromatic carbocycles. The summed E-state index contributed by atoms with van der Waals surface area (Å²) in [5, 5.41) is 0. The number of rotatable bonds is 3. The molecule has 0 atom stereocenters. The first kappa shape index (κ1) is 28.6. The number of hydrogen-bond acceptors (Lipinski definition) is 2. The van der Waals surface area contributed by atoms with E-state index in [1.54, 1.807) is 12.1 Å². The first-order valence-corrected chi connectivity index (χ1v) is 12.3. The molecule has 2 nitrogen and oxygen atoms in total. The van der Waals surface area contributed by atoms with E-state index < -0.39 is 9.84 Å². The van der Waals surface area contributed by atoms with Gasteiger partial charge in [0.05, 0.1) is 4.90 Å². The summed E-state index contributed by atoms with van der Waals surface area (Å²) < 4.78 is 22.2. The zero-order chi connectivity index (χ0) is 22.4. The van der Waals surface area contributed by atoms with E-state index in [-0.39, 0.29) is 5.41 Å². The second-order valence-corrected chi connectivity index (χ2v) is 9.30. The molecular weight excluding hydrogens is 364 g/mol. The molecule has 0 aliphatic carbocycles. The van der Waals surface area contributed by atoms with E-state index in [9.17, 15) is 8.42 Å². The Kier molecular flexibility index (Phi) is 14.7. The summed E-state index contributed by atoms with van der Waals surface area (Å²) in [7, 11) is -3.03. The van der Waals surface area contributed by atoms with Gasteiger partial charge in [0.2, 0.25) is 0 Å². The third-order valence-corrected chi connectivity index (χ3v) is 4.94. The largest absolute Gasteiger partial charge is 0.224 e. The van der Waals surface area contributed by atoms with E-state index in [2.05, 4.69) is 58.9 Å². The Hall–Kier alpha value is -1.61. The average molecular weight is 407 g/mol. The van der Waals surface area contributed by atoms with Crippen molar-refractivity contribution in [3.05, 3.63) is 65.2 Å². The second kappa shape index (κ2) is 14.4. The molecule has 0 spiro atoms. The third kappa shape index (κ3) is 12.0. The number of aryl methyl sites for hydroxylation is 2. The van der Waals surface area contributed by atoms with Gasteiger partial charge in [-0.25, -0.2) is 8.42 Å². The minimum absolute atomic E-state index is 0.285. The lowest BCUT2D eigenvalue weighted by Gasteiger charge is -2.18. The van der Waals surface area contributed by atoms with Crippen molar-refractivity contribution in [2.24, 2.45) is 0 Å². The van der Waals surface area contributed by atoms with E-state index in [4.69, 9.17) is 0 Å². The van der Waals surface area contributed by atoms with Crippen molar-refractivity contribution in [1.29, 1.82) is 0 Å². The third-order valence-electron chi connectivity index (χ3n) is 3.81. The smallest absolute Gasteiger partial charge is 0.175 e. The molecule has 0 fully saturated rings. The summed E-state index contributed by atoms with van der Waals surface area (Å²) in [6.45, 7) is 18.9. The van der Waals surface area contributed by atoms with Gasteiger partial charge in [-0.05, 0) is 42.0 Å². The average Bonchev–Trinajstić information content (AvgIpc) is 2.65. The summed E-state index contributed by atoms with van der Waals surface area (Å²) in [4.78, 5) is 0.396. The lowest BCUT2D eigenvalue weighted by atomic mass is 9.87. The maximum Gasteiger partial charge on any atom is 0.175 e. The second-order valence-electron chi connectivity index (χ2n) is 7.28. The van der Waals surface area contributed by atoms with Gasteiger partial charge < -0.3 is 0 Å². The quantitative estimate of drug-likeness (QED) is 0.532. The van der Waals surface area contributed by atoms with Crippen LogP contribution in [0.15, 0.2) is 53.4 Å². The number of hydrogen-bond donors (Lipinski definition) is 0. The lowest BCUT2D eigenvalue weighted by molar-refractivity contribution is 0.590. The molecule has 0 amide bonds. The van der Waals surface area contributed by atoms with Crippen LogP contribution in [0.1, 0.15) is 78.5 Å². The van der Waals surface area contributed by atoms with Gasteiger partial charge in [0.1, 0.15) is 0 Å². The zero-order valence-electron chi connectivity index (χ0n) is 19.8. The van der Waals surface area contributed by atoms with Crippen LogP contribution in [0.2, 0.25) is 0 Å². The van der Waals surface area contributed by atoms with Crippen molar-refractivity contribution in [2.45, 2.75) is 85.5 Å². The predicted octanol–water partition coefficient (Wildman–Crippen LogP) is 7.39. The van der Waals surface area contributed by atoms with Crippen molar-refractivity contribution in [2.75, 3.05) is 6.26 Å². The highest BCUT2D eigenvalue weighted by molar-refractivity contribution is 7.90. The van der Waals surface area contributed by atoms with E-state index in [0.29, 0.717) is 4.90 Å². The van der Waals surface area contributed by atoms with Gasteiger partial charge >= 0.3 is 0 Å². The molecule has 0 saturated carbocycles. The number of benzene rings is 2. The van der Waals surface area contributed by atoms with Crippen LogP contribution in [0.5, 0.6) is 0 Å². The molecule has 0 unspecified atom stereocenters. The Labute approximate surface area is 175 Å². The van der Waals surface area contributed by atoms with Crippen LogP contribution in [0.3, 0.4) is 0 Å². The zero-order valence-corrected chi connectivity index (χ0v) is 20.6. The molecule has 0 aliphatic heterocycles. The van der Waals surface area contributed by atoms with Crippen LogP contribution in [-0.2, 0) is 21.7 Å². The minimum atomic E-state index is -3.03. The van der Waals surface area contributed by atoms with Gasteiger partial charge in [0, 0.05) is 6.26 Å². The fourth-order valence-corrected chi connectivity index (χ4v) is 2.88. The van der Waals surface area contributed by atoms with Crippen LogP contribution < -0.4 is 0 Å². The van der Waals surface area contributed by atoms with Crippen LogP contribution in [0.25, 0.3) is 0 Å². The van der Waals surface area contributed by atoms with E-state index in [1.165, 1.54) is 22.9 Å². The summed E-state index contributed by atoms with van der Waals surface area (Å²) in [6, 6.07) is 15.8. The molecule has 0 radical (unpaired) electrons. The van der Waals surface area contributed by atoms with Crippen LogP contribution >= 0.6 is 0 Å². The van der Waals surface area contributed by atoms with Crippen LogP contribution in [-0.4, -0.2) is 14.7 Å². The molecule has 0 saturated heterocycles. The molecule has 0 bridgehead atoms. The normalized spacial score (nSPS) is 10.4. The van der Waals surface area contributed by atoms with Gasteiger partial charge in [-0.2, -0.15) is 0 Å². The Bertz CT molecular complexity index is 720. The summed E-state index contributed by atoms with van der Waals surface area (Å²) in [5.41, 5.74) is 4.21.